The number of imidazole rings is 1. The van der Waals surface area contributed by atoms with Gasteiger partial charge in [0.1, 0.15) is 6.10 Å². The average molecular weight is 161 g/mol. The molecule has 60 valence electrons. The molecule has 0 aliphatic carbocycles. The highest BCUT2D eigenvalue weighted by atomic mass is 16.6. The van der Waals surface area contributed by atoms with Gasteiger partial charge in [0.15, 0.2) is 5.65 Å². The van der Waals surface area contributed by atoms with Crippen molar-refractivity contribution in [2.45, 2.75) is 6.10 Å². The molecule has 0 radical (unpaired) electrons. The number of rotatable bonds is 1. The predicted molar refractivity (Wildman–Crippen MR) is 41.7 cm³/mol. The molecular formula is C8H7N3O. The first kappa shape index (κ1) is 6.14. The Balaban J connectivity index is 2.30. The standard InChI is InChI=1S/C8H7N3O/c1-2-11-6(7-5-12-7)3-10-8(11)4-9-1/h1-4,7H,5H2/t7-/m0/s1. The highest BCUT2D eigenvalue weighted by molar-refractivity contribution is 5.38. The third-order valence-electron chi connectivity index (χ3n) is 2.01. The zero-order chi connectivity index (χ0) is 7.97. The lowest BCUT2D eigenvalue weighted by atomic mass is 10.4. The highest BCUT2D eigenvalue weighted by Gasteiger charge is 2.27. The van der Waals surface area contributed by atoms with Gasteiger partial charge in [-0.15, -0.1) is 0 Å². The van der Waals surface area contributed by atoms with Gasteiger partial charge < -0.3 is 4.74 Å². The fraction of sp³-hybridized carbons (Fsp3) is 0.250. The molecule has 0 aromatic carbocycles. The van der Waals surface area contributed by atoms with E-state index in [-0.39, 0.29) is 6.10 Å². The molecule has 1 atom stereocenters. The minimum absolute atomic E-state index is 0.252. The number of ether oxygens (including phenoxy) is 1. The zero-order valence-corrected chi connectivity index (χ0v) is 6.34. The minimum atomic E-state index is 0.252. The Morgan fingerprint density at radius 2 is 2.42 bits per heavy atom. The third kappa shape index (κ3) is 0.753. The lowest BCUT2D eigenvalue weighted by molar-refractivity contribution is 0.410. The molecule has 0 N–H and O–H groups in total. The van der Waals surface area contributed by atoms with Crippen LogP contribution in [0.3, 0.4) is 0 Å². The molecule has 3 rings (SSSR count). The molecule has 4 nitrogen and oxygen atoms in total. The third-order valence-corrected chi connectivity index (χ3v) is 2.01. The van der Waals surface area contributed by atoms with Crippen LogP contribution in [0, 0.1) is 0 Å². The van der Waals surface area contributed by atoms with Crippen LogP contribution in [0.2, 0.25) is 0 Å². The van der Waals surface area contributed by atoms with Crippen LogP contribution < -0.4 is 0 Å². The van der Waals surface area contributed by atoms with Crippen LogP contribution in [-0.2, 0) is 4.74 Å². The van der Waals surface area contributed by atoms with Crippen molar-refractivity contribution in [3.8, 4) is 0 Å². The monoisotopic (exact) mass is 161 g/mol. The number of hydrogen-bond acceptors (Lipinski definition) is 3. The molecule has 0 saturated carbocycles. The van der Waals surface area contributed by atoms with E-state index in [0.29, 0.717) is 0 Å². The van der Waals surface area contributed by atoms with E-state index in [2.05, 4.69) is 9.97 Å². The largest absolute Gasteiger partial charge is 0.366 e. The van der Waals surface area contributed by atoms with E-state index in [0.717, 1.165) is 17.9 Å². The summed E-state index contributed by atoms with van der Waals surface area (Å²) in [6.07, 6.45) is 7.49. The summed E-state index contributed by atoms with van der Waals surface area (Å²) >= 11 is 0. The molecule has 3 heterocycles. The maximum atomic E-state index is 5.18. The van der Waals surface area contributed by atoms with Gasteiger partial charge in [0, 0.05) is 12.4 Å². The molecule has 2 aromatic rings. The number of fused-ring (bicyclic) bond motifs is 1. The van der Waals surface area contributed by atoms with Gasteiger partial charge in [-0.2, -0.15) is 0 Å². The second kappa shape index (κ2) is 2.04. The van der Waals surface area contributed by atoms with Crippen molar-refractivity contribution in [2.75, 3.05) is 6.61 Å². The molecule has 0 amide bonds. The van der Waals surface area contributed by atoms with Crippen molar-refractivity contribution in [1.82, 2.24) is 14.4 Å². The lowest BCUT2D eigenvalue weighted by Crippen LogP contribution is -1.90. The Hall–Kier alpha value is -1.42. The highest BCUT2D eigenvalue weighted by Crippen LogP contribution is 2.29. The first-order valence-electron chi connectivity index (χ1n) is 3.84. The van der Waals surface area contributed by atoms with Crippen LogP contribution in [0.1, 0.15) is 11.8 Å². The number of epoxide rings is 1. The molecule has 12 heavy (non-hydrogen) atoms. The van der Waals surface area contributed by atoms with Crippen molar-refractivity contribution in [2.24, 2.45) is 0 Å². The molecule has 1 saturated heterocycles. The van der Waals surface area contributed by atoms with Crippen molar-refractivity contribution in [3.05, 3.63) is 30.5 Å². The summed E-state index contributed by atoms with van der Waals surface area (Å²) in [5, 5.41) is 0. The second-order valence-corrected chi connectivity index (χ2v) is 2.81. The Kier molecular flexibility index (Phi) is 1.04. The van der Waals surface area contributed by atoms with Gasteiger partial charge in [-0.3, -0.25) is 9.38 Å². The summed E-state index contributed by atoms with van der Waals surface area (Å²) in [4.78, 5) is 8.18. The molecule has 4 heteroatoms. The SMILES string of the molecule is c1cn2c([C@@H]3CO3)cnc2cn1. The van der Waals surface area contributed by atoms with E-state index in [1.54, 1.807) is 12.4 Å². The van der Waals surface area contributed by atoms with E-state index < -0.39 is 0 Å². The maximum absolute atomic E-state index is 5.18. The summed E-state index contributed by atoms with van der Waals surface area (Å²) in [7, 11) is 0. The normalized spacial score (nSPS) is 21.5. The lowest BCUT2D eigenvalue weighted by Gasteiger charge is -1.94. The zero-order valence-electron chi connectivity index (χ0n) is 6.34. The first-order valence-corrected chi connectivity index (χ1v) is 3.84. The smallest absolute Gasteiger partial charge is 0.155 e. The van der Waals surface area contributed by atoms with Gasteiger partial charge in [0.05, 0.1) is 24.7 Å². The average Bonchev–Trinajstić information content (AvgIpc) is 2.86. The summed E-state index contributed by atoms with van der Waals surface area (Å²) in [5.74, 6) is 0. The fourth-order valence-electron chi connectivity index (χ4n) is 1.32. The van der Waals surface area contributed by atoms with Crippen LogP contribution in [0.4, 0.5) is 0 Å². The van der Waals surface area contributed by atoms with Gasteiger partial charge in [-0.25, -0.2) is 4.98 Å². The summed E-state index contributed by atoms with van der Waals surface area (Å²) < 4.78 is 7.18. The first-order chi connectivity index (χ1) is 5.95. The predicted octanol–water partition coefficient (Wildman–Crippen LogP) is 0.801. The molecule has 1 fully saturated rings. The Morgan fingerprint density at radius 3 is 3.25 bits per heavy atom. The molecule has 0 bridgehead atoms. The Bertz CT molecular complexity index is 419. The number of hydrogen-bond donors (Lipinski definition) is 0. The van der Waals surface area contributed by atoms with Crippen molar-refractivity contribution < 1.29 is 4.74 Å². The maximum Gasteiger partial charge on any atom is 0.155 e. The van der Waals surface area contributed by atoms with Gasteiger partial charge in [0.2, 0.25) is 0 Å². The molecule has 0 spiro atoms. The van der Waals surface area contributed by atoms with Crippen molar-refractivity contribution in [1.29, 1.82) is 0 Å². The Morgan fingerprint density at radius 1 is 1.50 bits per heavy atom. The van der Waals surface area contributed by atoms with Crippen molar-refractivity contribution in [3.63, 3.8) is 0 Å². The molecule has 0 unspecified atom stereocenters. The van der Waals surface area contributed by atoms with Crippen LogP contribution in [0.25, 0.3) is 5.65 Å². The molecule has 1 aliphatic heterocycles. The summed E-state index contributed by atoms with van der Waals surface area (Å²) in [6.45, 7) is 0.816. The topological polar surface area (TPSA) is 42.7 Å². The van der Waals surface area contributed by atoms with Gasteiger partial charge in [-0.1, -0.05) is 0 Å². The van der Waals surface area contributed by atoms with Gasteiger partial charge in [0.25, 0.3) is 0 Å². The summed E-state index contributed by atoms with van der Waals surface area (Å²) in [6, 6.07) is 0. The van der Waals surface area contributed by atoms with Crippen LogP contribution in [0.5, 0.6) is 0 Å². The molecular weight excluding hydrogens is 154 g/mol. The Labute approximate surface area is 68.8 Å². The number of nitrogens with zero attached hydrogens (tertiary/aromatic N) is 3. The fourth-order valence-corrected chi connectivity index (χ4v) is 1.32. The van der Waals surface area contributed by atoms with Gasteiger partial charge >= 0.3 is 0 Å². The number of aromatic nitrogens is 3. The van der Waals surface area contributed by atoms with Crippen LogP contribution in [-0.4, -0.2) is 21.0 Å². The van der Waals surface area contributed by atoms with Crippen LogP contribution >= 0.6 is 0 Å². The van der Waals surface area contributed by atoms with Crippen molar-refractivity contribution >= 4 is 5.65 Å². The minimum Gasteiger partial charge on any atom is -0.366 e. The van der Waals surface area contributed by atoms with Gasteiger partial charge in [-0.05, 0) is 0 Å². The van der Waals surface area contributed by atoms with E-state index in [4.69, 9.17) is 4.74 Å². The second-order valence-electron chi connectivity index (χ2n) is 2.81. The van der Waals surface area contributed by atoms with E-state index >= 15 is 0 Å². The van der Waals surface area contributed by atoms with E-state index in [1.807, 2.05) is 16.8 Å². The molecule has 1 aliphatic rings. The van der Waals surface area contributed by atoms with E-state index in [1.165, 1.54) is 0 Å². The quantitative estimate of drug-likeness (QED) is 0.581. The van der Waals surface area contributed by atoms with Crippen LogP contribution in [0.15, 0.2) is 24.8 Å². The molecule has 2 aromatic heterocycles. The van der Waals surface area contributed by atoms with E-state index in [9.17, 15) is 0 Å². The summed E-state index contributed by atoms with van der Waals surface area (Å²) in [5.41, 5.74) is 2.00.